The highest BCUT2D eigenvalue weighted by Crippen LogP contribution is 2.26. The number of rotatable bonds is 4. The molecular weight excluding hydrogens is 290 g/mol. The second-order valence-corrected chi connectivity index (χ2v) is 6.45. The van der Waals surface area contributed by atoms with Gasteiger partial charge in [-0.25, -0.2) is 9.97 Å². The van der Waals surface area contributed by atoms with Crippen molar-refractivity contribution >= 4 is 11.8 Å². The molecule has 1 saturated carbocycles. The highest BCUT2D eigenvalue weighted by atomic mass is 15.3. The second kappa shape index (κ2) is 6.54. The van der Waals surface area contributed by atoms with Crippen LogP contribution >= 0.6 is 0 Å². The van der Waals surface area contributed by atoms with Crippen molar-refractivity contribution in [2.24, 2.45) is 7.05 Å². The SMILES string of the molecule is CN(C)C1CCC(Nc2nccc(-c3cnn(C)c3N)n2)CC1. The molecule has 0 amide bonds. The predicted octanol–water partition coefficient (Wildman–Crippen LogP) is 1.74. The molecule has 0 aliphatic heterocycles. The van der Waals surface area contributed by atoms with Gasteiger partial charge in [0, 0.05) is 25.3 Å². The van der Waals surface area contributed by atoms with Gasteiger partial charge in [0.25, 0.3) is 0 Å². The first-order valence-electron chi connectivity index (χ1n) is 8.08. The molecule has 0 saturated heterocycles. The molecule has 0 unspecified atom stereocenters. The lowest BCUT2D eigenvalue weighted by molar-refractivity contribution is 0.221. The largest absolute Gasteiger partial charge is 0.383 e. The van der Waals surface area contributed by atoms with E-state index < -0.39 is 0 Å². The lowest BCUT2D eigenvalue weighted by Crippen LogP contribution is -2.36. The zero-order valence-electron chi connectivity index (χ0n) is 14.0. The first-order chi connectivity index (χ1) is 11.0. The minimum Gasteiger partial charge on any atom is -0.383 e. The maximum absolute atomic E-state index is 6.03. The summed E-state index contributed by atoms with van der Waals surface area (Å²) < 4.78 is 1.65. The van der Waals surface area contributed by atoms with Gasteiger partial charge in [0.15, 0.2) is 0 Å². The predicted molar refractivity (Wildman–Crippen MR) is 92.0 cm³/mol. The minimum atomic E-state index is 0.438. The number of hydrogen-bond acceptors (Lipinski definition) is 6. The molecule has 3 N–H and O–H groups in total. The number of nitrogen functional groups attached to an aromatic ring is 1. The fourth-order valence-corrected chi connectivity index (χ4v) is 3.14. The standard InChI is InChI=1S/C16H25N7/c1-22(2)12-6-4-11(5-7-12)20-16-18-9-8-14(21-16)13-10-19-23(3)15(13)17/h8-12H,4-7,17H2,1-3H3,(H,18,20,21). The Morgan fingerprint density at radius 3 is 2.61 bits per heavy atom. The molecular formula is C16H25N7. The quantitative estimate of drug-likeness (QED) is 0.894. The molecule has 0 bridgehead atoms. The summed E-state index contributed by atoms with van der Waals surface area (Å²) in [5.41, 5.74) is 7.67. The molecule has 0 atom stereocenters. The van der Waals surface area contributed by atoms with Gasteiger partial charge >= 0.3 is 0 Å². The van der Waals surface area contributed by atoms with E-state index in [1.807, 2.05) is 13.1 Å². The van der Waals surface area contributed by atoms with Gasteiger partial charge in [-0.3, -0.25) is 4.68 Å². The molecule has 124 valence electrons. The molecule has 7 nitrogen and oxygen atoms in total. The smallest absolute Gasteiger partial charge is 0.223 e. The average molecular weight is 315 g/mol. The van der Waals surface area contributed by atoms with Gasteiger partial charge in [0.05, 0.1) is 17.5 Å². The number of nitrogens with one attached hydrogen (secondary N) is 1. The fourth-order valence-electron chi connectivity index (χ4n) is 3.14. The second-order valence-electron chi connectivity index (χ2n) is 6.45. The Hall–Kier alpha value is -2.15. The third-order valence-electron chi connectivity index (χ3n) is 4.68. The van der Waals surface area contributed by atoms with Crippen LogP contribution in [0.25, 0.3) is 11.3 Å². The van der Waals surface area contributed by atoms with Crippen molar-refractivity contribution in [1.82, 2.24) is 24.6 Å². The number of aryl methyl sites for hydroxylation is 1. The number of hydrogen-bond donors (Lipinski definition) is 2. The first kappa shape index (κ1) is 15.7. The number of aromatic nitrogens is 4. The van der Waals surface area contributed by atoms with E-state index in [-0.39, 0.29) is 0 Å². The van der Waals surface area contributed by atoms with Crippen molar-refractivity contribution in [1.29, 1.82) is 0 Å². The monoisotopic (exact) mass is 315 g/mol. The molecule has 1 aliphatic rings. The molecule has 1 aliphatic carbocycles. The third-order valence-corrected chi connectivity index (χ3v) is 4.68. The van der Waals surface area contributed by atoms with E-state index >= 15 is 0 Å². The lowest BCUT2D eigenvalue weighted by atomic mass is 9.91. The molecule has 2 heterocycles. The fraction of sp³-hybridized carbons (Fsp3) is 0.562. The summed E-state index contributed by atoms with van der Waals surface area (Å²) in [7, 11) is 6.13. The van der Waals surface area contributed by atoms with Gasteiger partial charge in [0.2, 0.25) is 5.95 Å². The van der Waals surface area contributed by atoms with Crippen LogP contribution in [-0.4, -0.2) is 50.8 Å². The maximum atomic E-state index is 6.03. The summed E-state index contributed by atoms with van der Waals surface area (Å²) >= 11 is 0. The lowest BCUT2D eigenvalue weighted by Gasteiger charge is -2.32. The van der Waals surface area contributed by atoms with Crippen molar-refractivity contribution in [3.8, 4) is 11.3 Å². The Labute approximate surface area is 136 Å². The van der Waals surface area contributed by atoms with E-state index in [2.05, 4.69) is 39.4 Å². The van der Waals surface area contributed by atoms with E-state index in [9.17, 15) is 0 Å². The molecule has 3 rings (SSSR count). The summed E-state index contributed by atoms with van der Waals surface area (Å²) in [4.78, 5) is 11.3. The highest BCUT2D eigenvalue weighted by Gasteiger charge is 2.23. The van der Waals surface area contributed by atoms with E-state index in [1.165, 1.54) is 12.8 Å². The van der Waals surface area contributed by atoms with Crippen molar-refractivity contribution in [2.75, 3.05) is 25.1 Å². The molecule has 7 heteroatoms. The van der Waals surface area contributed by atoms with E-state index in [1.54, 1.807) is 17.1 Å². The van der Waals surface area contributed by atoms with Crippen LogP contribution < -0.4 is 11.1 Å². The molecule has 2 aromatic rings. The van der Waals surface area contributed by atoms with Crippen LogP contribution in [0.2, 0.25) is 0 Å². The summed E-state index contributed by atoms with van der Waals surface area (Å²) in [6, 6.07) is 2.99. The van der Waals surface area contributed by atoms with Crippen LogP contribution in [0.5, 0.6) is 0 Å². The summed E-state index contributed by atoms with van der Waals surface area (Å²) in [6.45, 7) is 0. The van der Waals surface area contributed by atoms with Gasteiger partial charge in [-0.05, 0) is 45.8 Å². The average Bonchev–Trinajstić information content (AvgIpc) is 2.88. The first-order valence-corrected chi connectivity index (χ1v) is 8.08. The van der Waals surface area contributed by atoms with Gasteiger partial charge in [-0.2, -0.15) is 5.10 Å². The van der Waals surface area contributed by atoms with Crippen molar-refractivity contribution in [2.45, 2.75) is 37.8 Å². The Balaban J connectivity index is 1.68. The van der Waals surface area contributed by atoms with Crippen LogP contribution in [0.4, 0.5) is 11.8 Å². The zero-order chi connectivity index (χ0) is 16.4. The van der Waals surface area contributed by atoms with Crippen LogP contribution in [0, 0.1) is 0 Å². The van der Waals surface area contributed by atoms with Crippen molar-refractivity contribution in [3.05, 3.63) is 18.5 Å². The van der Waals surface area contributed by atoms with E-state index in [0.29, 0.717) is 23.8 Å². The number of nitrogens with zero attached hydrogens (tertiary/aromatic N) is 5. The van der Waals surface area contributed by atoms with Crippen molar-refractivity contribution < 1.29 is 0 Å². The topological polar surface area (TPSA) is 84.9 Å². The molecule has 1 fully saturated rings. The molecule has 0 radical (unpaired) electrons. The maximum Gasteiger partial charge on any atom is 0.223 e. The summed E-state index contributed by atoms with van der Waals surface area (Å²) in [5, 5.41) is 7.64. The molecule has 2 aromatic heterocycles. The van der Waals surface area contributed by atoms with Gasteiger partial charge in [-0.15, -0.1) is 0 Å². The van der Waals surface area contributed by atoms with E-state index in [0.717, 1.165) is 24.1 Å². The Morgan fingerprint density at radius 2 is 2.00 bits per heavy atom. The zero-order valence-corrected chi connectivity index (χ0v) is 14.0. The normalized spacial score (nSPS) is 21.6. The van der Waals surface area contributed by atoms with Gasteiger partial charge < -0.3 is 16.0 Å². The van der Waals surface area contributed by atoms with Gasteiger partial charge in [-0.1, -0.05) is 0 Å². The van der Waals surface area contributed by atoms with Crippen LogP contribution in [0.15, 0.2) is 18.5 Å². The summed E-state index contributed by atoms with van der Waals surface area (Å²) in [6.07, 6.45) is 8.21. The van der Waals surface area contributed by atoms with E-state index in [4.69, 9.17) is 5.73 Å². The molecule has 23 heavy (non-hydrogen) atoms. The van der Waals surface area contributed by atoms with Crippen LogP contribution in [-0.2, 0) is 7.05 Å². The Bertz CT molecular complexity index is 656. The molecule has 0 spiro atoms. The van der Waals surface area contributed by atoms with Gasteiger partial charge in [0.1, 0.15) is 5.82 Å². The molecule has 0 aromatic carbocycles. The highest BCUT2D eigenvalue weighted by molar-refractivity contribution is 5.70. The van der Waals surface area contributed by atoms with Crippen LogP contribution in [0.3, 0.4) is 0 Å². The van der Waals surface area contributed by atoms with Crippen LogP contribution in [0.1, 0.15) is 25.7 Å². The Kier molecular flexibility index (Phi) is 4.47. The minimum absolute atomic E-state index is 0.438. The number of anilines is 2. The summed E-state index contributed by atoms with van der Waals surface area (Å²) in [5.74, 6) is 1.28. The van der Waals surface area contributed by atoms with Crippen molar-refractivity contribution in [3.63, 3.8) is 0 Å². The Morgan fingerprint density at radius 1 is 1.26 bits per heavy atom. The number of nitrogens with two attached hydrogens (primary N) is 1. The third kappa shape index (κ3) is 3.44.